The molecule has 2 heterocycles. The summed E-state index contributed by atoms with van der Waals surface area (Å²) in [7, 11) is 1.44. The Hall–Kier alpha value is -3.11. The standard InChI is InChI=1S/C16H10N2O4S/c1-20-14-7-10(8-17)4-5-12(14)22-16(19)11-9-23-15(18-11)13-3-2-6-21-13/h2-7,9H,1H3. The van der Waals surface area contributed by atoms with Gasteiger partial charge in [-0.3, -0.25) is 0 Å². The van der Waals surface area contributed by atoms with Crippen molar-refractivity contribution < 1.29 is 18.7 Å². The average Bonchev–Trinajstić information content (AvgIpc) is 3.26. The van der Waals surface area contributed by atoms with Crippen LogP contribution in [-0.4, -0.2) is 18.1 Å². The molecule has 1 aromatic carbocycles. The van der Waals surface area contributed by atoms with Crippen LogP contribution in [0.2, 0.25) is 0 Å². The van der Waals surface area contributed by atoms with Gasteiger partial charge in [-0.25, -0.2) is 9.78 Å². The number of hydrogen-bond acceptors (Lipinski definition) is 7. The Kier molecular flexibility index (Phi) is 4.08. The second kappa shape index (κ2) is 6.34. The van der Waals surface area contributed by atoms with Crippen molar-refractivity contribution in [3.63, 3.8) is 0 Å². The van der Waals surface area contributed by atoms with Crippen LogP contribution in [0.25, 0.3) is 10.8 Å². The second-order valence-corrected chi connectivity index (χ2v) is 5.24. The van der Waals surface area contributed by atoms with Crippen molar-refractivity contribution in [2.75, 3.05) is 7.11 Å². The number of rotatable bonds is 4. The number of carbonyl (C=O) groups excluding carboxylic acids is 1. The predicted molar refractivity (Wildman–Crippen MR) is 82.5 cm³/mol. The fourth-order valence-corrected chi connectivity index (χ4v) is 2.61. The molecule has 7 heteroatoms. The first kappa shape index (κ1) is 14.8. The molecule has 2 aromatic heterocycles. The van der Waals surface area contributed by atoms with Crippen molar-refractivity contribution >= 4 is 17.3 Å². The molecule has 3 rings (SSSR count). The number of hydrogen-bond donors (Lipinski definition) is 0. The average molecular weight is 326 g/mol. The number of esters is 1. The Morgan fingerprint density at radius 1 is 1.35 bits per heavy atom. The minimum Gasteiger partial charge on any atom is -0.493 e. The predicted octanol–water partition coefficient (Wildman–Crippen LogP) is 3.50. The van der Waals surface area contributed by atoms with E-state index in [1.165, 1.54) is 36.8 Å². The van der Waals surface area contributed by atoms with E-state index in [0.717, 1.165) is 0 Å². The Bertz CT molecular complexity index is 878. The van der Waals surface area contributed by atoms with E-state index in [2.05, 4.69) is 4.98 Å². The van der Waals surface area contributed by atoms with Crippen LogP contribution in [0.5, 0.6) is 11.5 Å². The topological polar surface area (TPSA) is 85.4 Å². The minimum atomic E-state index is -0.609. The summed E-state index contributed by atoms with van der Waals surface area (Å²) < 4.78 is 15.7. The number of aromatic nitrogens is 1. The summed E-state index contributed by atoms with van der Waals surface area (Å²) in [4.78, 5) is 16.4. The number of nitrogens with zero attached hydrogens (tertiary/aromatic N) is 2. The van der Waals surface area contributed by atoms with Gasteiger partial charge in [0.2, 0.25) is 0 Å². The Morgan fingerprint density at radius 3 is 2.91 bits per heavy atom. The molecule has 0 saturated carbocycles. The highest BCUT2D eigenvalue weighted by Gasteiger charge is 2.17. The summed E-state index contributed by atoms with van der Waals surface area (Å²) in [5.41, 5.74) is 0.586. The van der Waals surface area contributed by atoms with E-state index in [9.17, 15) is 4.79 Å². The van der Waals surface area contributed by atoms with E-state index >= 15 is 0 Å². The SMILES string of the molecule is COc1cc(C#N)ccc1OC(=O)c1csc(-c2ccco2)n1. The molecule has 0 fully saturated rings. The lowest BCUT2D eigenvalue weighted by Gasteiger charge is -2.08. The van der Waals surface area contributed by atoms with Gasteiger partial charge < -0.3 is 13.9 Å². The molecular formula is C16H10N2O4S. The molecule has 114 valence electrons. The Balaban J connectivity index is 1.81. The third-order valence-electron chi connectivity index (χ3n) is 2.94. The van der Waals surface area contributed by atoms with Crippen molar-refractivity contribution in [1.82, 2.24) is 4.98 Å². The maximum atomic E-state index is 12.2. The lowest BCUT2D eigenvalue weighted by Crippen LogP contribution is -2.09. The summed E-state index contributed by atoms with van der Waals surface area (Å²) in [6.07, 6.45) is 1.54. The molecule has 0 bridgehead atoms. The zero-order valence-corrected chi connectivity index (χ0v) is 12.8. The molecule has 0 spiro atoms. The third-order valence-corrected chi connectivity index (χ3v) is 3.80. The van der Waals surface area contributed by atoms with E-state index in [1.807, 2.05) is 6.07 Å². The summed E-state index contributed by atoms with van der Waals surface area (Å²) in [5, 5.41) is 11.1. The largest absolute Gasteiger partial charge is 0.493 e. The first-order chi connectivity index (χ1) is 11.2. The maximum Gasteiger partial charge on any atom is 0.363 e. The van der Waals surface area contributed by atoms with Crippen LogP contribution in [0.15, 0.2) is 46.4 Å². The van der Waals surface area contributed by atoms with Gasteiger partial charge in [0.05, 0.1) is 25.0 Å². The fraction of sp³-hybridized carbons (Fsp3) is 0.0625. The molecule has 0 aliphatic carbocycles. The number of nitriles is 1. The van der Waals surface area contributed by atoms with Crippen molar-refractivity contribution in [3.05, 3.63) is 53.2 Å². The lowest BCUT2D eigenvalue weighted by atomic mass is 10.2. The second-order valence-electron chi connectivity index (χ2n) is 4.38. The van der Waals surface area contributed by atoms with Gasteiger partial charge in [-0.2, -0.15) is 5.26 Å². The third kappa shape index (κ3) is 3.07. The van der Waals surface area contributed by atoms with Crippen LogP contribution in [0.1, 0.15) is 16.1 Å². The number of ether oxygens (including phenoxy) is 2. The highest BCUT2D eigenvalue weighted by Crippen LogP contribution is 2.29. The molecule has 23 heavy (non-hydrogen) atoms. The smallest absolute Gasteiger partial charge is 0.363 e. The molecule has 0 aliphatic heterocycles. The van der Waals surface area contributed by atoms with Crippen molar-refractivity contribution in [2.45, 2.75) is 0 Å². The lowest BCUT2D eigenvalue weighted by molar-refractivity contribution is 0.0724. The molecule has 6 nitrogen and oxygen atoms in total. The van der Waals surface area contributed by atoms with Crippen LogP contribution >= 0.6 is 11.3 Å². The van der Waals surface area contributed by atoms with Gasteiger partial charge in [-0.15, -0.1) is 11.3 Å². The highest BCUT2D eigenvalue weighted by atomic mass is 32.1. The molecular weight excluding hydrogens is 316 g/mol. The monoisotopic (exact) mass is 326 g/mol. The number of benzene rings is 1. The van der Waals surface area contributed by atoms with Crippen LogP contribution in [0, 0.1) is 11.3 Å². The van der Waals surface area contributed by atoms with Crippen LogP contribution < -0.4 is 9.47 Å². The van der Waals surface area contributed by atoms with E-state index in [4.69, 9.17) is 19.2 Å². The Labute approximate surface area is 135 Å². The van der Waals surface area contributed by atoms with Gasteiger partial charge in [0.1, 0.15) is 0 Å². The van der Waals surface area contributed by atoms with E-state index in [0.29, 0.717) is 22.1 Å². The molecule has 3 aromatic rings. The number of thiazole rings is 1. The number of carbonyl (C=O) groups is 1. The van der Waals surface area contributed by atoms with Gasteiger partial charge in [0.15, 0.2) is 28.0 Å². The minimum absolute atomic E-state index is 0.174. The first-order valence-electron chi connectivity index (χ1n) is 6.51. The zero-order chi connectivity index (χ0) is 16.2. The normalized spacial score (nSPS) is 10.1. The van der Waals surface area contributed by atoms with E-state index < -0.39 is 5.97 Å². The summed E-state index contributed by atoms with van der Waals surface area (Å²) in [6.45, 7) is 0. The van der Waals surface area contributed by atoms with Crippen LogP contribution in [0.3, 0.4) is 0 Å². The highest BCUT2D eigenvalue weighted by molar-refractivity contribution is 7.13. The molecule has 0 atom stereocenters. The van der Waals surface area contributed by atoms with Crippen LogP contribution in [0.4, 0.5) is 0 Å². The fourth-order valence-electron chi connectivity index (χ4n) is 1.85. The van der Waals surface area contributed by atoms with Crippen molar-refractivity contribution in [2.24, 2.45) is 0 Å². The van der Waals surface area contributed by atoms with E-state index in [1.54, 1.807) is 23.6 Å². The van der Waals surface area contributed by atoms with E-state index in [-0.39, 0.29) is 11.4 Å². The van der Waals surface area contributed by atoms with Gasteiger partial charge in [-0.05, 0) is 24.3 Å². The molecule has 0 amide bonds. The van der Waals surface area contributed by atoms with Gasteiger partial charge in [0, 0.05) is 11.4 Å². The molecule has 0 N–H and O–H groups in total. The molecule has 0 radical (unpaired) electrons. The first-order valence-corrected chi connectivity index (χ1v) is 7.39. The summed E-state index contributed by atoms with van der Waals surface area (Å²) in [5.74, 6) is 0.509. The zero-order valence-electron chi connectivity index (χ0n) is 12.0. The van der Waals surface area contributed by atoms with Crippen molar-refractivity contribution in [1.29, 1.82) is 5.26 Å². The van der Waals surface area contributed by atoms with Gasteiger partial charge in [0.25, 0.3) is 0 Å². The molecule has 0 aliphatic rings. The summed E-state index contributed by atoms with van der Waals surface area (Å²) in [6, 6.07) is 10.0. The quantitative estimate of drug-likeness (QED) is 0.539. The van der Waals surface area contributed by atoms with Crippen LogP contribution in [-0.2, 0) is 0 Å². The molecule has 0 unspecified atom stereocenters. The van der Waals surface area contributed by atoms with Crippen molar-refractivity contribution in [3.8, 4) is 28.3 Å². The maximum absolute atomic E-state index is 12.2. The number of methoxy groups -OCH3 is 1. The van der Waals surface area contributed by atoms with Gasteiger partial charge in [-0.1, -0.05) is 0 Å². The number of furan rings is 1. The molecule has 0 saturated heterocycles. The summed E-state index contributed by atoms with van der Waals surface area (Å²) >= 11 is 1.28. The van der Waals surface area contributed by atoms with Gasteiger partial charge >= 0.3 is 5.97 Å². The Morgan fingerprint density at radius 2 is 2.22 bits per heavy atom.